The largest absolute Gasteiger partial charge is 0.479 e. The molecule has 0 aromatic heterocycles. The molecule has 1 unspecified atom stereocenters. The van der Waals surface area contributed by atoms with Gasteiger partial charge in [0.1, 0.15) is 17.4 Å². The van der Waals surface area contributed by atoms with E-state index >= 15 is 0 Å². The van der Waals surface area contributed by atoms with Gasteiger partial charge in [-0.3, -0.25) is 4.99 Å². The summed E-state index contributed by atoms with van der Waals surface area (Å²) in [4.78, 5) is 4.43. The first-order valence-electron chi connectivity index (χ1n) is 6.00. The monoisotopic (exact) mass is 270 g/mol. The van der Waals surface area contributed by atoms with Crippen molar-refractivity contribution in [3.05, 3.63) is 29.6 Å². The minimum atomic E-state index is -0.485. The first-order valence-corrected chi connectivity index (χ1v) is 6.00. The molecule has 3 nitrogen and oxygen atoms in total. The summed E-state index contributed by atoms with van der Waals surface area (Å²) in [6.07, 6.45) is 1.35. The number of benzene rings is 1. The number of aliphatic imine (C=N–C) groups is 1. The van der Waals surface area contributed by atoms with E-state index in [-0.39, 0.29) is 18.2 Å². The van der Waals surface area contributed by atoms with Crippen molar-refractivity contribution in [2.75, 3.05) is 13.1 Å². The van der Waals surface area contributed by atoms with Gasteiger partial charge in [0.2, 0.25) is 0 Å². The van der Waals surface area contributed by atoms with Crippen LogP contribution in [0, 0.1) is 5.82 Å². The number of nitrogens with zero attached hydrogens (tertiary/aromatic N) is 1. The Morgan fingerprint density at radius 2 is 2.33 bits per heavy atom. The number of hydrogen-bond acceptors (Lipinski definition) is 3. The average molecular weight is 271 g/mol. The molecule has 0 spiro atoms. The second-order valence-corrected chi connectivity index (χ2v) is 4.50. The zero-order valence-electron chi connectivity index (χ0n) is 10.2. The third-order valence-corrected chi connectivity index (χ3v) is 3.52. The van der Waals surface area contributed by atoms with Gasteiger partial charge in [-0.1, -0.05) is 13.0 Å². The van der Waals surface area contributed by atoms with Crippen LogP contribution < -0.4 is 10.1 Å². The van der Waals surface area contributed by atoms with Crippen LogP contribution in [0.3, 0.4) is 0 Å². The van der Waals surface area contributed by atoms with Crippen LogP contribution in [0.2, 0.25) is 0 Å². The number of halogens is 2. The van der Waals surface area contributed by atoms with Crippen LogP contribution in [-0.2, 0) is 6.42 Å². The molecule has 0 radical (unpaired) electrons. The van der Waals surface area contributed by atoms with E-state index in [4.69, 9.17) is 4.74 Å². The number of hydrogen-bond donors (Lipinski definition) is 1. The molecule has 2 heterocycles. The van der Waals surface area contributed by atoms with Crippen molar-refractivity contribution in [3.8, 4) is 5.75 Å². The molecule has 18 heavy (non-hydrogen) atoms. The van der Waals surface area contributed by atoms with E-state index in [9.17, 15) is 4.39 Å². The Morgan fingerprint density at radius 3 is 2.94 bits per heavy atom. The molecular weight excluding hydrogens is 255 g/mol. The lowest BCUT2D eigenvalue weighted by Gasteiger charge is -2.27. The van der Waals surface area contributed by atoms with Crippen molar-refractivity contribution in [1.29, 1.82) is 0 Å². The third-order valence-electron chi connectivity index (χ3n) is 3.52. The number of rotatable bonds is 2. The molecule has 98 valence electrons. The van der Waals surface area contributed by atoms with Crippen LogP contribution in [0.25, 0.3) is 0 Å². The molecule has 3 rings (SSSR count). The van der Waals surface area contributed by atoms with Gasteiger partial charge in [-0.25, -0.2) is 4.39 Å². The maximum atomic E-state index is 13.7. The van der Waals surface area contributed by atoms with Gasteiger partial charge in [-0.2, -0.15) is 0 Å². The highest BCUT2D eigenvalue weighted by Crippen LogP contribution is 2.39. The molecule has 1 N–H and O–H groups in total. The summed E-state index contributed by atoms with van der Waals surface area (Å²) < 4.78 is 19.7. The Kier molecular flexibility index (Phi) is 3.48. The molecule has 0 fully saturated rings. The fourth-order valence-electron chi connectivity index (χ4n) is 2.54. The lowest BCUT2D eigenvalue weighted by atomic mass is 9.93. The summed E-state index contributed by atoms with van der Waals surface area (Å²) >= 11 is 0. The van der Waals surface area contributed by atoms with Crippen molar-refractivity contribution >= 4 is 18.2 Å². The number of amidine groups is 1. The van der Waals surface area contributed by atoms with Crippen LogP contribution in [0.5, 0.6) is 5.75 Å². The van der Waals surface area contributed by atoms with E-state index in [2.05, 4.69) is 10.3 Å². The maximum absolute atomic E-state index is 13.7. The van der Waals surface area contributed by atoms with Crippen molar-refractivity contribution in [2.45, 2.75) is 25.4 Å². The molecule has 0 saturated carbocycles. The zero-order chi connectivity index (χ0) is 11.9. The molecule has 0 aliphatic carbocycles. The van der Waals surface area contributed by atoms with E-state index in [1.807, 2.05) is 13.0 Å². The highest BCUT2D eigenvalue weighted by molar-refractivity contribution is 5.93. The lowest BCUT2D eigenvalue weighted by Crippen LogP contribution is -2.48. The summed E-state index contributed by atoms with van der Waals surface area (Å²) in [6, 6.07) is 4.99. The van der Waals surface area contributed by atoms with Gasteiger partial charge in [0, 0.05) is 18.5 Å². The molecule has 2 aliphatic rings. The number of fused-ring (bicyclic) bond motifs is 1. The minimum absolute atomic E-state index is 0. The normalized spacial score (nSPS) is 24.7. The fourth-order valence-corrected chi connectivity index (χ4v) is 2.54. The summed E-state index contributed by atoms with van der Waals surface area (Å²) in [6.45, 7) is 3.67. The van der Waals surface area contributed by atoms with E-state index < -0.39 is 5.60 Å². The molecule has 1 aromatic rings. The lowest BCUT2D eigenvalue weighted by molar-refractivity contribution is 0.162. The van der Waals surface area contributed by atoms with E-state index in [0.717, 1.165) is 25.3 Å². The van der Waals surface area contributed by atoms with E-state index in [0.29, 0.717) is 17.7 Å². The predicted molar refractivity (Wildman–Crippen MR) is 71.3 cm³/mol. The summed E-state index contributed by atoms with van der Waals surface area (Å²) in [5.41, 5.74) is 0.187. The van der Waals surface area contributed by atoms with Gasteiger partial charge in [0.25, 0.3) is 0 Å². The maximum Gasteiger partial charge on any atom is 0.169 e. The highest BCUT2D eigenvalue weighted by atomic mass is 35.5. The Hall–Kier alpha value is -1.29. The smallest absolute Gasteiger partial charge is 0.169 e. The Bertz CT molecular complexity index is 492. The second kappa shape index (κ2) is 4.76. The van der Waals surface area contributed by atoms with E-state index in [1.165, 1.54) is 6.07 Å². The predicted octanol–water partition coefficient (Wildman–Crippen LogP) is 2.33. The summed E-state index contributed by atoms with van der Waals surface area (Å²) in [5.74, 6) is 1.34. The fraction of sp³-hybridized carbons (Fsp3) is 0.462. The molecule has 2 aliphatic heterocycles. The van der Waals surface area contributed by atoms with Gasteiger partial charge >= 0.3 is 0 Å². The van der Waals surface area contributed by atoms with Crippen LogP contribution in [0.15, 0.2) is 23.2 Å². The number of ether oxygens (including phenoxy) is 1. The first-order chi connectivity index (χ1) is 8.25. The zero-order valence-corrected chi connectivity index (χ0v) is 11.0. The van der Waals surface area contributed by atoms with Gasteiger partial charge < -0.3 is 10.1 Å². The molecule has 1 aromatic carbocycles. The Labute approximate surface area is 112 Å². The average Bonchev–Trinajstić information content (AvgIpc) is 2.97. The molecule has 0 saturated heterocycles. The van der Waals surface area contributed by atoms with E-state index in [1.54, 1.807) is 6.07 Å². The molecule has 0 bridgehead atoms. The third kappa shape index (κ3) is 1.85. The minimum Gasteiger partial charge on any atom is -0.479 e. The van der Waals surface area contributed by atoms with Gasteiger partial charge in [-0.05, 0) is 18.6 Å². The SMILES string of the molecule is CCC1(C2=NCCN2)Cc2c(F)cccc2O1.Cl. The van der Waals surface area contributed by atoms with Crippen molar-refractivity contribution in [2.24, 2.45) is 4.99 Å². The van der Waals surface area contributed by atoms with Crippen molar-refractivity contribution in [1.82, 2.24) is 5.32 Å². The number of nitrogens with one attached hydrogen (secondary N) is 1. The summed E-state index contributed by atoms with van der Waals surface area (Å²) in [5, 5.41) is 3.25. The standard InChI is InChI=1S/C13H15FN2O.ClH/c1-2-13(12-15-6-7-16-12)8-9-10(14)4-3-5-11(9)17-13;/h3-5H,2,6-8H2,1H3,(H,15,16);1H. The van der Waals surface area contributed by atoms with Crippen LogP contribution in [-0.4, -0.2) is 24.5 Å². The van der Waals surface area contributed by atoms with Crippen molar-refractivity contribution < 1.29 is 9.13 Å². The molecule has 5 heteroatoms. The quantitative estimate of drug-likeness (QED) is 0.895. The first kappa shape index (κ1) is 13.1. The van der Waals surface area contributed by atoms with Gasteiger partial charge in [0.15, 0.2) is 5.60 Å². The Balaban J connectivity index is 0.00000120. The second-order valence-electron chi connectivity index (χ2n) is 4.50. The van der Waals surface area contributed by atoms with Crippen molar-refractivity contribution in [3.63, 3.8) is 0 Å². The highest BCUT2D eigenvalue weighted by Gasteiger charge is 2.44. The van der Waals surface area contributed by atoms with Crippen LogP contribution >= 0.6 is 12.4 Å². The Morgan fingerprint density at radius 1 is 1.50 bits per heavy atom. The topological polar surface area (TPSA) is 33.6 Å². The van der Waals surface area contributed by atoms with Crippen LogP contribution in [0.1, 0.15) is 18.9 Å². The summed E-state index contributed by atoms with van der Waals surface area (Å²) in [7, 11) is 0. The molecule has 0 amide bonds. The molecular formula is C13H16ClFN2O. The molecule has 1 atom stereocenters. The van der Waals surface area contributed by atoms with Gasteiger partial charge in [-0.15, -0.1) is 12.4 Å². The van der Waals surface area contributed by atoms with Crippen LogP contribution in [0.4, 0.5) is 4.39 Å². The van der Waals surface area contributed by atoms with Gasteiger partial charge in [0.05, 0.1) is 6.54 Å².